The highest BCUT2D eigenvalue weighted by molar-refractivity contribution is 7.80. The van der Waals surface area contributed by atoms with E-state index in [1.165, 1.54) is 53.1 Å². The van der Waals surface area contributed by atoms with Crippen LogP contribution in [0.5, 0.6) is 17.2 Å². The second-order valence-electron chi connectivity index (χ2n) is 19.1. The Bertz CT molecular complexity index is 2570. The SMILES string of the molecule is CC(C)Cc1ccc(C(C)C(=O)O)cc1.CC(C)Cc1ccc(C(C)C(=O)Oc2ccc(C(N)=O)cc2)cc1.CC(C)Cc1ccc(C(C)C(=O)Oc2ccc(C(N)=S)cc2)cc1.NC(=O)c1ccc(O)cc1. The average molecular weight is 1010 g/mol. The van der Waals surface area contributed by atoms with Crippen molar-refractivity contribution in [3.63, 3.8) is 0 Å². The predicted octanol–water partition coefficient (Wildman–Crippen LogP) is 11.5. The van der Waals surface area contributed by atoms with Crippen molar-refractivity contribution in [1.29, 1.82) is 0 Å². The van der Waals surface area contributed by atoms with Crippen molar-refractivity contribution in [3.05, 3.63) is 196 Å². The zero-order valence-corrected chi connectivity index (χ0v) is 44.2. The van der Waals surface area contributed by atoms with Crippen LogP contribution >= 0.6 is 12.2 Å². The van der Waals surface area contributed by atoms with Gasteiger partial charge in [0.1, 0.15) is 22.2 Å². The summed E-state index contributed by atoms with van der Waals surface area (Å²) in [6, 6.07) is 43.0. The van der Waals surface area contributed by atoms with E-state index < -0.39 is 23.7 Å². The fourth-order valence-corrected chi connectivity index (χ4v) is 7.20. The minimum Gasteiger partial charge on any atom is -0.508 e. The molecule has 6 rings (SSSR count). The van der Waals surface area contributed by atoms with E-state index in [0.717, 1.165) is 41.5 Å². The molecule has 6 aromatic carbocycles. The van der Waals surface area contributed by atoms with E-state index in [2.05, 4.69) is 65.8 Å². The van der Waals surface area contributed by atoms with Gasteiger partial charge in [-0.25, -0.2) is 0 Å². The van der Waals surface area contributed by atoms with Gasteiger partial charge >= 0.3 is 17.9 Å². The second kappa shape index (κ2) is 29.6. The van der Waals surface area contributed by atoms with Crippen molar-refractivity contribution < 1.29 is 43.7 Å². The fourth-order valence-electron chi connectivity index (χ4n) is 7.07. The normalized spacial score (nSPS) is 11.8. The van der Waals surface area contributed by atoms with Crippen LogP contribution in [0.3, 0.4) is 0 Å². The van der Waals surface area contributed by atoms with Gasteiger partial charge in [0.05, 0.1) is 17.8 Å². The molecule has 0 heterocycles. The number of thiocarbonyl (C=S) groups is 1. The van der Waals surface area contributed by atoms with Crippen molar-refractivity contribution in [2.75, 3.05) is 0 Å². The molecule has 6 aromatic rings. The molecule has 0 bridgehead atoms. The van der Waals surface area contributed by atoms with Crippen molar-refractivity contribution in [2.24, 2.45) is 35.0 Å². The van der Waals surface area contributed by atoms with Gasteiger partial charge in [0.15, 0.2) is 0 Å². The number of carboxylic acids is 1. The Kier molecular flexibility index (Phi) is 24.2. The highest BCUT2D eigenvalue weighted by atomic mass is 32.1. The maximum absolute atomic E-state index is 12.3. The molecule has 2 amide bonds. The molecule has 3 atom stereocenters. The van der Waals surface area contributed by atoms with E-state index in [4.69, 9.17) is 49.1 Å². The molecule has 12 nitrogen and oxygen atoms in total. The van der Waals surface area contributed by atoms with Crippen LogP contribution in [0.2, 0.25) is 0 Å². The van der Waals surface area contributed by atoms with Gasteiger partial charge in [-0.2, -0.15) is 0 Å². The van der Waals surface area contributed by atoms with E-state index >= 15 is 0 Å². The summed E-state index contributed by atoms with van der Waals surface area (Å²) in [6.07, 6.45) is 3.10. The van der Waals surface area contributed by atoms with Crippen molar-refractivity contribution in [1.82, 2.24) is 0 Å². The summed E-state index contributed by atoms with van der Waals surface area (Å²) in [4.78, 5) is 57.2. The Morgan fingerprint density at radius 3 is 0.959 bits per heavy atom. The largest absolute Gasteiger partial charge is 0.508 e. The summed E-state index contributed by atoms with van der Waals surface area (Å²) in [6.45, 7) is 18.5. The molecular weight excluding hydrogens is 939 g/mol. The molecule has 0 spiro atoms. The number of phenols is 1. The lowest BCUT2D eigenvalue weighted by Crippen LogP contribution is -2.16. The van der Waals surface area contributed by atoms with Gasteiger partial charge in [-0.1, -0.05) is 127 Å². The average Bonchev–Trinajstić information content (AvgIpc) is 3.34. The number of carboxylic acid groups (broad SMARTS) is 1. The number of hydrogen-bond donors (Lipinski definition) is 5. The third-order valence-corrected chi connectivity index (χ3v) is 11.6. The molecule has 0 radical (unpaired) electrons. The minimum atomic E-state index is -0.772. The van der Waals surface area contributed by atoms with Gasteiger partial charge < -0.3 is 36.9 Å². The van der Waals surface area contributed by atoms with Crippen LogP contribution in [0.1, 0.15) is 140 Å². The third kappa shape index (κ3) is 21.3. The number of benzene rings is 6. The van der Waals surface area contributed by atoms with Crippen LogP contribution in [-0.2, 0) is 33.6 Å². The van der Waals surface area contributed by atoms with Gasteiger partial charge in [-0.3, -0.25) is 24.0 Å². The smallest absolute Gasteiger partial charge is 0.318 e. The van der Waals surface area contributed by atoms with Gasteiger partial charge in [-0.05, 0) is 164 Å². The van der Waals surface area contributed by atoms with Crippen LogP contribution in [0, 0.1) is 17.8 Å². The molecule has 0 saturated carbocycles. The summed E-state index contributed by atoms with van der Waals surface area (Å²) in [5.74, 6) is -0.638. The molecule has 0 aliphatic rings. The van der Waals surface area contributed by atoms with Crippen LogP contribution in [0.15, 0.2) is 146 Å². The standard InChI is InChI=1S/C20H23NO3.C20H23NO2S.C13H18O2.C7H7NO2/c1-13(2)12-15-4-6-16(7-5-15)14(3)20(23)24-18-10-8-17(9-11-18)19(21)22;1-13(2)12-15-4-6-16(7-5-15)14(3)20(22)23-18-10-8-17(9-11-18)19(21)24;1-9(2)8-11-4-6-12(7-5-11)10(3)13(14)15;8-7(10)5-1-3-6(9)4-2-5/h4-11,13-14H,12H2,1-3H3,(H2,21,22);4-11,13-14H,12H2,1-3H3,(H2,21,24);4-7,9-10H,8H2,1-3H3,(H,14,15);1-4,9H,(H2,8,10). The van der Waals surface area contributed by atoms with Crippen molar-refractivity contribution >= 4 is 46.9 Å². The lowest BCUT2D eigenvalue weighted by molar-refractivity contribution is -0.138. The number of carbonyl (C=O) groups excluding carboxylic acids is 4. The zero-order valence-electron chi connectivity index (χ0n) is 43.3. The zero-order chi connectivity index (χ0) is 54.4. The Balaban J connectivity index is 0.000000270. The number of aromatic hydroxyl groups is 1. The monoisotopic (exact) mass is 1010 g/mol. The first-order valence-corrected chi connectivity index (χ1v) is 24.7. The summed E-state index contributed by atoms with van der Waals surface area (Å²) < 4.78 is 10.8. The van der Waals surface area contributed by atoms with E-state index in [1.54, 1.807) is 43.3 Å². The molecule has 13 heteroatoms. The number of esters is 2. The number of ether oxygens (including phenoxy) is 2. The number of aliphatic carboxylic acids is 1. The first-order chi connectivity index (χ1) is 34.4. The Labute approximate surface area is 435 Å². The van der Waals surface area contributed by atoms with Crippen LogP contribution in [0.4, 0.5) is 0 Å². The first kappa shape index (κ1) is 59.7. The quantitative estimate of drug-likeness (QED) is 0.0328. The molecule has 73 heavy (non-hydrogen) atoms. The van der Waals surface area contributed by atoms with E-state index in [1.807, 2.05) is 62.4 Å². The minimum absolute atomic E-state index is 0.130. The molecule has 386 valence electrons. The Hall–Kier alpha value is -7.64. The molecular formula is C60H71N3O9S. The number of rotatable bonds is 17. The van der Waals surface area contributed by atoms with E-state index in [9.17, 15) is 24.0 Å². The highest BCUT2D eigenvalue weighted by Gasteiger charge is 2.20. The third-order valence-electron chi connectivity index (χ3n) is 11.3. The van der Waals surface area contributed by atoms with Crippen LogP contribution in [0.25, 0.3) is 0 Å². The molecule has 0 fully saturated rings. The molecule has 0 aromatic heterocycles. The number of primary amides is 2. The molecule has 0 aliphatic heterocycles. The molecule has 0 aliphatic carbocycles. The van der Waals surface area contributed by atoms with Crippen molar-refractivity contribution in [2.45, 2.75) is 99.3 Å². The van der Waals surface area contributed by atoms with Gasteiger partial charge in [0.2, 0.25) is 11.8 Å². The lowest BCUT2D eigenvalue weighted by atomic mass is 9.97. The Morgan fingerprint density at radius 2 is 0.699 bits per heavy atom. The summed E-state index contributed by atoms with van der Waals surface area (Å²) in [5, 5.41) is 17.6. The molecule has 3 unspecified atom stereocenters. The maximum atomic E-state index is 12.3. The maximum Gasteiger partial charge on any atom is 0.318 e. The molecule has 8 N–H and O–H groups in total. The number of nitrogens with two attached hydrogens (primary N) is 3. The van der Waals surface area contributed by atoms with Crippen molar-refractivity contribution in [3.8, 4) is 17.2 Å². The lowest BCUT2D eigenvalue weighted by Gasteiger charge is -2.13. The second-order valence-corrected chi connectivity index (χ2v) is 19.5. The summed E-state index contributed by atoms with van der Waals surface area (Å²) in [7, 11) is 0. The van der Waals surface area contributed by atoms with Gasteiger partial charge in [0, 0.05) is 16.7 Å². The predicted molar refractivity (Wildman–Crippen MR) is 293 cm³/mol. The fraction of sp³-hybridized carbons (Fsp3) is 0.300. The number of amides is 2. The van der Waals surface area contributed by atoms with E-state index in [0.29, 0.717) is 45.4 Å². The van der Waals surface area contributed by atoms with Gasteiger partial charge in [-0.15, -0.1) is 0 Å². The summed E-state index contributed by atoms with van der Waals surface area (Å²) >= 11 is 4.91. The first-order valence-electron chi connectivity index (χ1n) is 24.2. The number of hydrogen-bond acceptors (Lipinski definition) is 9. The summed E-state index contributed by atoms with van der Waals surface area (Å²) in [5.41, 5.74) is 23.8. The van der Waals surface area contributed by atoms with Crippen LogP contribution in [-0.4, -0.2) is 44.9 Å². The topological polar surface area (TPSA) is 222 Å². The van der Waals surface area contributed by atoms with Gasteiger partial charge in [0.25, 0.3) is 0 Å². The Morgan fingerprint density at radius 1 is 0.425 bits per heavy atom. The highest BCUT2D eigenvalue weighted by Crippen LogP contribution is 2.24. The number of phenolic OH excluding ortho intramolecular Hbond substituents is 1. The van der Waals surface area contributed by atoms with Crippen LogP contribution < -0.4 is 26.7 Å². The van der Waals surface area contributed by atoms with E-state index in [-0.39, 0.29) is 29.5 Å². The molecule has 0 saturated heterocycles. The number of carbonyl (C=O) groups is 5.